The van der Waals surface area contributed by atoms with Crippen molar-refractivity contribution < 1.29 is 0 Å². The number of aromatic nitrogens is 2. The molecule has 8 heteroatoms. The first kappa shape index (κ1) is 19.3. The molecule has 0 saturated carbocycles. The number of halogens is 2. The van der Waals surface area contributed by atoms with E-state index in [-0.39, 0.29) is 30.8 Å². The highest BCUT2D eigenvalue weighted by molar-refractivity contribution is 5.85. The second-order valence-corrected chi connectivity index (χ2v) is 3.03. The van der Waals surface area contributed by atoms with Crippen LogP contribution in [0.2, 0.25) is 0 Å². The summed E-state index contributed by atoms with van der Waals surface area (Å²) in [6, 6.07) is 7.14. The van der Waals surface area contributed by atoms with Gasteiger partial charge in [0, 0.05) is 18.6 Å². The summed E-state index contributed by atoms with van der Waals surface area (Å²) < 4.78 is 0. The molecule has 0 spiro atoms. The number of nitrogens with two attached hydrogens (primary N) is 3. The molecule has 0 aliphatic heterocycles. The van der Waals surface area contributed by atoms with Crippen molar-refractivity contribution in [3.8, 4) is 0 Å². The molecule has 2 aromatic rings. The van der Waals surface area contributed by atoms with Gasteiger partial charge in [-0.25, -0.2) is 4.99 Å². The van der Waals surface area contributed by atoms with Crippen LogP contribution in [-0.4, -0.2) is 15.9 Å². The average molecular weight is 303 g/mol. The average Bonchev–Trinajstić information content (AvgIpc) is 2.31. The van der Waals surface area contributed by atoms with E-state index in [2.05, 4.69) is 15.0 Å². The van der Waals surface area contributed by atoms with Crippen molar-refractivity contribution in [2.45, 2.75) is 0 Å². The number of hydrogen-bond donors (Lipinski definition) is 3. The Morgan fingerprint density at radius 3 is 1.84 bits per heavy atom. The monoisotopic (exact) mass is 302 g/mol. The number of nitrogen functional groups attached to an aromatic ring is 1. The third kappa shape index (κ3) is 9.63. The lowest BCUT2D eigenvalue weighted by Crippen LogP contribution is -2.21. The van der Waals surface area contributed by atoms with Crippen molar-refractivity contribution in [3.05, 3.63) is 49.1 Å². The van der Waals surface area contributed by atoms with E-state index in [0.29, 0.717) is 11.4 Å². The first-order valence-electron chi connectivity index (χ1n) is 4.83. The maximum Gasteiger partial charge on any atom is 0.191 e. The van der Waals surface area contributed by atoms with Crippen LogP contribution in [0.1, 0.15) is 0 Å². The standard InChI is InChI=1S/C6H8N4.C5H6N2.2ClH/c7-6(8)10-5-2-1-3-9-4-5;6-5-2-1-3-7-4-5;;/h1-4H,(H4,7,8,10);1-4H,6H2;2*1H. The first-order valence-corrected chi connectivity index (χ1v) is 4.83. The van der Waals surface area contributed by atoms with E-state index >= 15 is 0 Å². The molecule has 0 aromatic carbocycles. The molecule has 0 aliphatic rings. The Morgan fingerprint density at radius 1 is 0.947 bits per heavy atom. The van der Waals surface area contributed by atoms with Gasteiger partial charge in [-0.3, -0.25) is 9.97 Å². The minimum atomic E-state index is 0. The smallest absolute Gasteiger partial charge is 0.191 e. The van der Waals surface area contributed by atoms with Crippen molar-refractivity contribution in [2.24, 2.45) is 16.5 Å². The molecule has 0 unspecified atom stereocenters. The van der Waals surface area contributed by atoms with Crippen LogP contribution in [0.15, 0.2) is 54.0 Å². The van der Waals surface area contributed by atoms with Crippen LogP contribution in [0.25, 0.3) is 0 Å². The van der Waals surface area contributed by atoms with E-state index in [1.807, 2.05) is 0 Å². The summed E-state index contributed by atoms with van der Waals surface area (Å²) in [5.74, 6) is 0.0491. The molecule has 2 aromatic heterocycles. The van der Waals surface area contributed by atoms with Crippen LogP contribution in [0.5, 0.6) is 0 Å². The molecule has 0 bridgehead atoms. The van der Waals surface area contributed by atoms with Crippen LogP contribution in [0.3, 0.4) is 0 Å². The predicted octanol–water partition coefficient (Wildman–Crippen LogP) is 1.49. The zero-order chi connectivity index (χ0) is 12.5. The van der Waals surface area contributed by atoms with Gasteiger partial charge in [-0.1, -0.05) is 0 Å². The second-order valence-electron chi connectivity index (χ2n) is 3.03. The van der Waals surface area contributed by atoms with Gasteiger partial charge in [-0.05, 0) is 24.3 Å². The molecule has 104 valence electrons. The molecule has 2 heterocycles. The molecule has 0 saturated heterocycles. The van der Waals surface area contributed by atoms with Crippen molar-refractivity contribution >= 4 is 42.1 Å². The molecule has 0 fully saturated rings. The van der Waals surface area contributed by atoms with E-state index in [0.717, 1.165) is 0 Å². The lowest BCUT2D eigenvalue weighted by Gasteiger charge is -1.90. The van der Waals surface area contributed by atoms with Gasteiger partial charge in [0.1, 0.15) is 0 Å². The first-order chi connectivity index (χ1) is 8.18. The zero-order valence-electron chi connectivity index (χ0n) is 10.0. The van der Waals surface area contributed by atoms with Gasteiger partial charge in [-0.15, -0.1) is 24.8 Å². The molecule has 6 nitrogen and oxygen atoms in total. The summed E-state index contributed by atoms with van der Waals surface area (Å²) in [6.45, 7) is 0. The third-order valence-electron chi connectivity index (χ3n) is 1.59. The molecule has 0 radical (unpaired) electrons. The summed E-state index contributed by atoms with van der Waals surface area (Å²) >= 11 is 0. The Kier molecular flexibility index (Phi) is 11.2. The van der Waals surface area contributed by atoms with Crippen LogP contribution in [-0.2, 0) is 0 Å². The van der Waals surface area contributed by atoms with Gasteiger partial charge < -0.3 is 17.2 Å². The van der Waals surface area contributed by atoms with E-state index in [1.54, 1.807) is 49.1 Å². The molecular weight excluding hydrogens is 287 g/mol. The second kappa shape index (κ2) is 11.1. The number of aliphatic imine (C=N–C) groups is 1. The minimum absolute atomic E-state index is 0. The van der Waals surface area contributed by atoms with Crippen LogP contribution in [0.4, 0.5) is 11.4 Å². The van der Waals surface area contributed by atoms with Gasteiger partial charge >= 0.3 is 0 Å². The normalized spacial score (nSPS) is 7.79. The van der Waals surface area contributed by atoms with Crippen molar-refractivity contribution in [1.82, 2.24) is 9.97 Å². The van der Waals surface area contributed by atoms with Gasteiger partial charge in [0.15, 0.2) is 5.96 Å². The quantitative estimate of drug-likeness (QED) is 0.545. The SMILES string of the molecule is Cl.Cl.NC(N)=Nc1cccnc1.Nc1cccnc1. The number of guanidine groups is 1. The molecule has 6 N–H and O–H groups in total. The predicted molar refractivity (Wildman–Crippen MR) is 82.9 cm³/mol. The van der Waals surface area contributed by atoms with Crippen molar-refractivity contribution in [2.75, 3.05) is 5.73 Å². The topological polar surface area (TPSA) is 116 Å². The van der Waals surface area contributed by atoms with E-state index < -0.39 is 0 Å². The Morgan fingerprint density at radius 2 is 1.53 bits per heavy atom. The number of pyridine rings is 2. The van der Waals surface area contributed by atoms with Crippen LogP contribution in [0, 0.1) is 0 Å². The van der Waals surface area contributed by atoms with Crippen molar-refractivity contribution in [1.29, 1.82) is 0 Å². The van der Waals surface area contributed by atoms with E-state index in [1.165, 1.54) is 0 Å². The van der Waals surface area contributed by atoms with E-state index in [4.69, 9.17) is 17.2 Å². The summed E-state index contributed by atoms with van der Waals surface area (Å²) in [7, 11) is 0. The summed E-state index contributed by atoms with van der Waals surface area (Å²) in [4.78, 5) is 11.3. The number of nitrogens with zero attached hydrogens (tertiary/aromatic N) is 3. The molecular formula is C11H16Cl2N6. The van der Waals surface area contributed by atoms with Crippen LogP contribution >= 0.6 is 24.8 Å². The fourth-order valence-electron chi connectivity index (χ4n) is 0.945. The number of hydrogen-bond acceptors (Lipinski definition) is 4. The lowest BCUT2D eigenvalue weighted by molar-refractivity contribution is 1.29. The minimum Gasteiger partial charge on any atom is -0.397 e. The molecule has 0 aliphatic carbocycles. The lowest BCUT2D eigenvalue weighted by atomic mass is 10.4. The molecule has 0 atom stereocenters. The van der Waals surface area contributed by atoms with E-state index in [9.17, 15) is 0 Å². The highest BCUT2D eigenvalue weighted by Crippen LogP contribution is 2.05. The Balaban J connectivity index is 0. The number of rotatable bonds is 1. The largest absolute Gasteiger partial charge is 0.397 e. The Labute approximate surface area is 124 Å². The van der Waals surface area contributed by atoms with Crippen LogP contribution < -0.4 is 17.2 Å². The maximum absolute atomic E-state index is 5.30. The fourth-order valence-corrected chi connectivity index (χ4v) is 0.945. The molecule has 0 amide bonds. The number of anilines is 1. The summed E-state index contributed by atoms with van der Waals surface area (Å²) in [5, 5.41) is 0. The van der Waals surface area contributed by atoms with Gasteiger partial charge in [0.25, 0.3) is 0 Å². The Hall–Kier alpha value is -2.05. The highest BCUT2D eigenvalue weighted by Gasteiger charge is 1.85. The zero-order valence-corrected chi connectivity index (χ0v) is 11.6. The summed E-state index contributed by atoms with van der Waals surface area (Å²) in [6.07, 6.45) is 6.54. The van der Waals surface area contributed by atoms with Gasteiger partial charge in [0.05, 0.1) is 17.6 Å². The fraction of sp³-hybridized carbons (Fsp3) is 0. The Bertz CT molecular complexity index is 459. The molecule has 19 heavy (non-hydrogen) atoms. The van der Waals surface area contributed by atoms with Gasteiger partial charge in [0.2, 0.25) is 0 Å². The third-order valence-corrected chi connectivity index (χ3v) is 1.59. The van der Waals surface area contributed by atoms with Gasteiger partial charge in [-0.2, -0.15) is 0 Å². The molecule has 2 rings (SSSR count). The maximum atomic E-state index is 5.30. The highest BCUT2D eigenvalue weighted by atomic mass is 35.5. The summed E-state index contributed by atoms with van der Waals surface area (Å²) in [5.41, 5.74) is 16.9. The van der Waals surface area contributed by atoms with Crippen molar-refractivity contribution in [3.63, 3.8) is 0 Å².